The predicted molar refractivity (Wildman–Crippen MR) is 126 cm³/mol. The van der Waals surface area contributed by atoms with Crippen LogP contribution >= 0.6 is 15.9 Å². The Morgan fingerprint density at radius 2 is 1.68 bits per heavy atom. The van der Waals surface area contributed by atoms with Gasteiger partial charge in [-0.25, -0.2) is 0 Å². The van der Waals surface area contributed by atoms with Crippen LogP contribution in [0.25, 0.3) is 0 Å². The molecule has 3 aromatic carbocycles. The summed E-state index contributed by atoms with van der Waals surface area (Å²) in [4.78, 5) is 12.6. The Labute approximate surface area is 191 Å². The lowest BCUT2D eigenvalue weighted by Gasteiger charge is -2.11. The van der Waals surface area contributed by atoms with Gasteiger partial charge in [0.2, 0.25) is 0 Å². The number of halogens is 1. The standard InChI is InChI=1S/C25H26BrNO4/c1-2-29-16-17-30-22-11-9-21(10-12-22)27-25(28)20-8-13-24(23(26)18-20)31-15-14-19-6-4-3-5-7-19/h3-13,18H,2,14-17H2,1H3,(H,27,28). The molecule has 31 heavy (non-hydrogen) atoms. The predicted octanol–water partition coefficient (Wildman–Crippen LogP) is 5.74. The van der Waals surface area contributed by atoms with Gasteiger partial charge in [0, 0.05) is 24.3 Å². The molecule has 162 valence electrons. The number of carbonyl (C=O) groups excluding carboxylic acids is 1. The van der Waals surface area contributed by atoms with E-state index in [1.165, 1.54) is 5.56 Å². The number of anilines is 1. The van der Waals surface area contributed by atoms with Crippen molar-refractivity contribution in [1.82, 2.24) is 0 Å². The van der Waals surface area contributed by atoms with Crippen LogP contribution in [0, 0.1) is 0 Å². The fraction of sp³-hybridized carbons (Fsp3) is 0.240. The number of carbonyl (C=O) groups is 1. The van der Waals surface area contributed by atoms with E-state index in [0.717, 1.165) is 16.6 Å². The first-order valence-corrected chi connectivity index (χ1v) is 11.0. The molecule has 0 heterocycles. The van der Waals surface area contributed by atoms with Crippen LogP contribution in [0.15, 0.2) is 77.3 Å². The van der Waals surface area contributed by atoms with Crippen LogP contribution < -0.4 is 14.8 Å². The van der Waals surface area contributed by atoms with Gasteiger partial charge in [-0.1, -0.05) is 30.3 Å². The number of nitrogens with one attached hydrogen (secondary N) is 1. The lowest BCUT2D eigenvalue weighted by Crippen LogP contribution is -2.12. The third-order valence-electron chi connectivity index (χ3n) is 4.50. The van der Waals surface area contributed by atoms with E-state index in [2.05, 4.69) is 33.4 Å². The van der Waals surface area contributed by atoms with Gasteiger partial charge in [0.25, 0.3) is 5.91 Å². The van der Waals surface area contributed by atoms with Gasteiger partial charge in [-0.3, -0.25) is 4.79 Å². The lowest BCUT2D eigenvalue weighted by atomic mass is 10.1. The Morgan fingerprint density at radius 3 is 2.39 bits per heavy atom. The summed E-state index contributed by atoms with van der Waals surface area (Å²) in [7, 11) is 0. The highest BCUT2D eigenvalue weighted by molar-refractivity contribution is 9.10. The second-order valence-electron chi connectivity index (χ2n) is 6.75. The van der Waals surface area contributed by atoms with E-state index in [9.17, 15) is 4.79 Å². The molecular formula is C25H26BrNO4. The van der Waals surface area contributed by atoms with Crippen molar-refractivity contribution < 1.29 is 19.0 Å². The Balaban J connectivity index is 1.50. The average molecular weight is 484 g/mol. The Bertz CT molecular complexity index is 961. The van der Waals surface area contributed by atoms with Gasteiger partial charge in [0.05, 0.1) is 17.7 Å². The van der Waals surface area contributed by atoms with E-state index in [0.29, 0.717) is 43.4 Å². The zero-order valence-corrected chi connectivity index (χ0v) is 19.1. The maximum absolute atomic E-state index is 12.6. The van der Waals surface area contributed by atoms with Crippen molar-refractivity contribution >= 4 is 27.5 Å². The molecule has 1 amide bonds. The van der Waals surface area contributed by atoms with Crippen molar-refractivity contribution in [2.45, 2.75) is 13.3 Å². The molecule has 0 aliphatic carbocycles. The van der Waals surface area contributed by atoms with Crippen molar-refractivity contribution in [1.29, 1.82) is 0 Å². The molecule has 0 saturated heterocycles. The van der Waals surface area contributed by atoms with E-state index in [1.54, 1.807) is 18.2 Å². The van der Waals surface area contributed by atoms with Gasteiger partial charge in [0.15, 0.2) is 0 Å². The number of ether oxygens (including phenoxy) is 3. The van der Waals surface area contributed by atoms with Crippen LogP contribution in [-0.4, -0.2) is 32.3 Å². The first-order chi connectivity index (χ1) is 15.2. The van der Waals surface area contributed by atoms with Gasteiger partial charge >= 0.3 is 0 Å². The summed E-state index contributed by atoms with van der Waals surface area (Å²) < 4.78 is 17.4. The monoisotopic (exact) mass is 483 g/mol. The van der Waals surface area contributed by atoms with Gasteiger partial charge in [-0.15, -0.1) is 0 Å². The molecule has 0 radical (unpaired) electrons. The SMILES string of the molecule is CCOCCOc1ccc(NC(=O)c2ccc(OCCc3ccccc3)c(Br)c2)cc1. The summed E-state index contributed by atoms with van der Waals surface area (Å²) in [5, 5.41) is 2.89. The smallest absolute Gasteiger partial charge is 0.255 e. The maximum Gasteiger partial charge on any atom is 0.255 e. The Morgan fingerprint density at radius 1 is 0.903 bits per heavy atom. The molecule has 0 aliphatic rings. The topological polar surface area (TPSA) is 56.8 Å². The molecule has 0 spiro atoms. The minimum atomic E-state index is -0.193. The fourth-order valence-electron chi connectivity index (χ4n) is 2.88. The first-order valence-electron chi connectivity index (χ1n) is 10.2. The van der Waals surface area contributed by atoms with Gasteiger partial charge in [-0.05, 0) is 70.9 Å². The fourth-order valence-corrected chi connectivity index (χ4v) is 3.38. The molecule has 0 atom stereocenters. The van der Waals surface area contributed by atoms with Crippen molar-refractivity contribution in [3.8, 4) is 11.5 Å². The first kappa shape index (κ1) is 22.8. The molecule has 5 nitrogen and oxygen atoms in total. The molecule has 3 rings (SSSR count). The molecular weight excluding hydrogens is 458 g/mol. The van der Waals surface area contributed by atoms with Crippen molar-refractivity contribution in [2.24, 2.45) is 0 Å². The van der Waals surface area contributed by atoms with E-state index in [1.807, 2.05) is 49.4 Å². The third-order valence-corrected chi connectivity index (χ3v) is 5.12. The molecule has 0 aromatic heterocycles. The zero-order chi connectivity index (χ0) is 21.9. The quantitative estimate of drug-likeness (QED) is 0.353. The third kappa shape index (κ3) is 7.42. The molecule has 0 aliphatic heterocycles. The van der Waals surface area contributed by atoms with E-state index >= 15 is 0 Å². The summed E-state index contributed by atoms with van der Waals surface area (Å²) in [6.07, 6.45) is 0.820. The normalized spacial score (nSPS) is 10.5. The number of benzene rings is 3. The summed E-state index contributed by atoms with van der Waals surface area (Å²) in [6, 6.07) is 22.8. The largest absolute Gasteiger partial charge is 0.492 e. The summed E-state index contributed by atoms with van der Waals surface area (Å²) in [5.41, 5.74) is 2.46. The van der Waals surface area contributed by atoms with E-state index in [4.69, 9.17) is 14.2 Å². The molecule has 0 fully saturated rings. The van der Waals surface area contributed by atoms with Gasteiger partial charge in [-0.2, -0.15) is 0 Å². The van der Waals surface area contributed by atoms with Crippen LogP contribution in [0.3, 0.4) is 0 Å². The number of hydrogen-bond donors (Lipinski definition) is 1. The second kappa shape index (κ2) is 12.1. The molecule has 1 N–H and O–H groups in total. The Kier molecular flexibility index (Phi) is 8.94. The highest BCUT2D eigenvalue weighted by Gasteiger charge is 2.10. The van der Waals surface area contributed by atoms with Gasteiger partial charge < -0.3 is 19.5 Å². The van der Waals surface area contributed by atoms with Crippen LogP contribution in [0.5, 0.6) is 11.5 Å². The molecule has 3 aromatic rings. The number of amides is 1. The number of hydrogen-bond acceptors (Lipinski definition) is 4. The molecule has 6 heteroatoms. The summed E-state index contributed by atoms with van der Waals surface area (Å²) >= 11 is 3.50. The minimum absolute atomic E-state index is 0.193. The van der Waals surface area contributed by atoms with Crippen molar-refractivity contribution in [3.05, 3.63) is 88.4 Å². The van der Waals surface area contributed by atoms with E-state index < -0.39 is 0 Å². The maximum atomic E-state index is 12.6. The van der Waals surface area contributed by atoms with Crippen molar-refractivity contribution in [2.75, 3.05) is 31.7 Å². The van der Waals surface area contributed by atoms with Crippen LogP contribution in [-0.2, 0) is 11.2 Å². The zero-order valence-electron chi connectivity index (χ0n) is 17.5. The number of rotatable bonds is 11. The van der Waals surface area contributed by atoms with E-state index in [-0.39, 0.29) is 5.91 Å². The molecule has 0 saturated carbocycles. The highest BCUT2D eigenvalue weighted by atomic mass is 79.9. The van der Waals surface area contributed by atoms with Crippen molar-refractivity contribution in [3.63, 3.8) is 0 Å². The van der Waals surface area contributed by atoms with Crippen LogP contribution in [0.2, 0.25) is 0 Å². The summed E-state index contributed by atoms with van der Waals surface area (Å²) in [5.74, 6) is 1.25. The van der Waals surface area contributed by atoms with Gasteiger partial charge in [0.1, 0.15) is 18.1 Å². The van der Waals surface area contributed by atoms with Crippen LogP contribution in [0.1, 0.15) is 22.8 Å². The second-order valence-corrected chi connectivity index (χ2v) is 7.61. The van der Waals surface area contributed by atoms with Crippen LogP contribution in [0.4, 0.5) is 5.69 Å². The molecule has 0 bridgehead atoms. The summed E-state index contributed by atoms with van der Waals surface area (Å²) in [6.45, 7) is 4.23. The molecule has 0 unspecified atom stereocenters. The average Bonchev–Trinajstić information content (AvgIpc) is 2.79. The Hall–Kier alpha value is -2.83. The highest BCUT2D eigenvalue weighted by Crippen LogP contribution is 2.27. The minimum Gasteiger partial charge on any atom is -0.492 e. The lowest BCUT2D eigenvalue weighted by molar-refractivity contribution is 0.102.